The van der Waals surface area contributed by atoms with Crippen LogP contribution in [0, 0.1) is 12.8 Å². The van der Waals surface area contributed by atoms with Crippen molar-refractivity contribution in [2.75, 3.05) is 0 Å². The first-order valence-corrected chi connectivity index (χ1v) is 18.2. The molecule has 0 amide bonds. The Morgan fingerprint density at radius 1 is 0.958 bits per heavy atom. The second-order valence-electron chi connectivity index (χ2n) is 8.40. The molecule has 0 fully saturated rings. The molecular formula is C22H40OSn. The maximum atomic E-state index is 6.76. The third-order valence-corrected chi connectivity index (χ3v) is 21.6. The van der Waals surface area contributed by atoms with Crippen molar-refractivity contribution in [3.63, 3.8) is 0 Å². The van der Waals surface area contributed by atoms with Crippen molar-refractivity contribution in [3.8, 4) is 0 Å². The topological polar surface area (TPSA) is 13.1 Å². The van der Waals surface area contributed by atoms with E-state index in [1.165, 1.54) is 76.9 Å². The van der Waals surface area contributed by atoms with E-state index < -0.39 is 18.4 Å². The van der Waals surface area contributed by atoms with Crippen LogP contribution >= 0.6 is 0 Å². The molecule has 1 heterocycles. The average Bonchev–Trinajstić information content (AvgIpc) is 2.91. The SMILES string of the molecule is CCC[CH2][Sn]([CH2]CCC)([CH2]CCC)[c]1oc2c(c1C)CCC(C)C2. The zero-order valence-electron chi connectivity index (χ0n) is 17.0. The fourth-order valence-corrected chi connectivity index (χ4v) is 21.3. The Morgan fingerprint density at radius 2 is 1.50 bits per heavy atom. The Labute approximate surface area is 154 Å². The molecule has 0 N–H and O–H groups in total. The summed E-state index contributed by atoms with van der Waals surface area (Å²) >= 11 is -2.40. The molecule has 1 aromatic rings. The third kappa shape index (κ3) is 4.62. The summed E-state index contributed by atoms with van der Waals surface area (Å²) in [7, 11) is 0. The van der Waals surface area contributed by atoms with Crippen LogP contribution in [0.15, 0.2) is 4.42 Å². The second kappa shape index (κ2) is 9.69. The van der Waals surface area contributed by atoms with Crippen molar-refractivity contribution in [1.82, 2.24) is 0 Å². The number of fused-ring (bicyclic) bond motifs is 1. The molecule has 1 unspecified atom stereocenters. The molecule has 2 heteroatoms. The maximum absolute atomic E-state index is 6.76. The molecular weight excluding hydrogens is 399 g/mol. The zero-order valence-corrected chi connectivity index (χ0v) is 19.8. The molecule has 1 aliphatic rings. The molecule has 1 aliphatic carbocycles. The number of unbranched alkanes of at least 4 members (excludes halogenated alkanes) is 3. The quantitative estimate of drug-likeness (QED) is 0.367. The van der Waals surface area contributed by atoms with Crippen LogP contribution in [-0.4, -0.2) is 18.4 Å². The van der Waals surface area contributed by atoms with Crippen LogP contribution in [0.3, 0.4) is 0 Å². The predicted molar refractivity (Wildman–Crippen MR) is 109 cm³/mol. The first-order valence-electron chi connectivity index (χ1n) is 10.7. The van der Waals surface area contributed by atoms with Crippen LogP contribution < -0.4 is 3.78 Å². The summed E-state index contributed by atoms with van der Waals surface area (Å²) in [6.07, 6.45) is 12.1. The van der Waals surface area contributed by atoms with Crippen molar-refractivity contribution in [2.45, 2.75) is 106 Å². The van der Waals surface area contributed by atoms with Crippen LogP contribution in [0.4, 0.5) is 0 Å². The van der Waals surface area contributed by atoms with Gasteiger partial charge in [0, 0.05) is 0 Å². The van der Waals surface area contributed by atoms with Gasteiger partial charge >= 0.3 is 155 Å². The second-order valence-corrected chi connectivity index (χ2v) is 21.3. The molecule has 0 radical (unpaired) electrons. The molecule has 2 rings (SSSR count). The van der Waals surface area contributed by atoms with Crippen molar-refractivity contribution >= 4 is 22.2 Å². The first-order chi connectivity index (χ1) is 11.6. The summed E-state index contributed by atoms with van der Waals surface area (Å²) in [5, 5.41) is 0. The van der Waals surface area contributed by atoms with Gasteiger partial charge < -0.3 is 0 Å². The predicted octanol–water partition coefficient (Wildman–Crippen LogP) is 6.77. The Kier molecular flexibility index (Phi) is 8.23. The average molecular weight is 439 g/mol. The normalized spacial score (nSPS) is 18.0. The fourth-order valence-electron chi connectivity index (χ4n) is 4.68. The van der Waals surface area contributed by atoms with Gasteiger partial charge in [0.15, 0.2) is 0 Å². The van der Waals surface area contributed by atoms with Gasteiger partial charge in [0.1, 0.15) is 0 Å². The molecule has 24 heavy (non-hydrogen) atoms. The van der Waals surface area contributed by atoms with Gasteiger partial charge in [-0.25, -0.2) is 0 Å². The van der Waals surface area contributed by atoms with Crippen LogP contribution in [0.5, 0.6) is 0 Å². The van der Waals surface area contributed by atoms with Crippen molar-refractivity contribution in [2.24, 2.45) is 5.92 Å². The van der Waals surface area contributed by atoms with E-state index in [4.69, 9.17) is 4.42 Å². The molecule has 1 aromatic heterocycles. The van der Waals surface area contributed by atoms with Gasteiger partial charge in [-0.1, -0.05) is 0 Å². The van der Waals surface area contributed by atoms with E-state index in [9.17, 15) is 0 Å². The van der Waals surface area contributed by atoms with Gasteiger partial charge in [-0.05, 0) is 0 Å². The standard InChI is InChI=1S/C10H13O.3C4H9.Sn/c1-7-3-4-9-8(2)6-11-10(9)5-7;3*1-3-4-2;/h7H,3-5H2,1-2H3;3*1,3-4H2,2H3;. The Balaban J connectivity index is 2.40. The van der Waals surface area contributed by atoms with E-state index in [1.54, 1.807) is 14.9 Å². The van der Waals surface area contributed by atoms with Crippen LogP contribution in [0.25, 0.3) is 0 Å². The van der Waals surface area contributed by atoms with E-state index in [0.717, 1.165) is 5.92 Å². The number of furan rings is 1. The van der Waals surface area contributed by atoms with Crippen LogP contribution in [0.2, 0.25) is 13.3 Å². The van der Waals surface area contributed by atoms with Crippen LogP contribution in [0.1, 0.15) is 89.5 Å². The molecule has 0 aliphatic heterocycles. The Morgan fingerprint density at radius 3 is 2.00 bits per heavy atom. The van der Waals surface area contributed by atoms with Crippen molar-refractivity contribution < 1.29 is 4.42 Å². The minimum absolute atomic E-state index is 0.808. The Bertz CT molecular complexity index is 481. The van der Waals surface area contributed by atoms with Crippen LogP contribution in [-0.2, 0) is 12.8 Å². The summed E-state index contributed by atoms with van der Waals surface area (Å²) in [6, 6.07) is 0. The van der Waals surface area contributed by atoms with E-state index in [1.807, 2.05) is 0 Å². The van der Waals surface area contributed by atoms with Gasteiger partial charge in [0.2, 0.25) is 0 Å². The number of hydrogen-bond donors (Lipinski definition) is 0. The molecule has 0 aromatic carbocycles. The Hall–Kier alpha value is 0.0787. The molecule has 0 spiro atoms. The number of rotatable bonds is 10. The summed E-state index contributed by atoms with van der Waals surface area (Å²) in [6.45, 7) is 11.9. The van der Waals surface area contributed by atoms with Gasteiger partial charge in [-0.15, -0.1) is 0 Å². The fraction of sp³-hybridized carbons (Fsp3) is 0.818. The molecule has 1 atom stereocenters. The third-order valence-electron chi connectivity index (χ3n) is 6.28. The number of hydrogen-bond acceptors (Lipinski definition) is 1. The molecule has 1 nitrogen and oxygen atoms in total. The molecule has 0 saturated heterocycles. The summed E-state index contributed by atoms with van der Waals surface area (Å²) in [4.78, 5) is 0. The monoisotopic (exact) mass is 440 g/mol. The van der Waals surface area contributed by atoms with E-state index in [-0.39, 0.29) is 0 Å². The van der Waals surface area contributed by atoms with E-state index >= 15 is 0 Å². The summed E-state index contributed by atoms with van der Waals surface area (Å²) in [5.74, 6) is 2.19. The van der Waals surface area contributed by atoms with Gasteiger partial charge in [0.25, 0.3) is 0 Å². The van der Waals surface area contributed by atoms with Gasteiger partial charge in [-0.2, -0.15) is 0 Å². The van der Waals surface area contributed by atoms with Crippen molar-refractivity contribution in [1.29, 1.82) is 0 Å². The van der Waals surface area contributed by atoms with Gasteiger partial charge in [0.05, 0.1) is 0 Å². The van der Waals surface area contributed by atoms with Crippen molar-refractivity contribution in [3.05, 3.63) is 16.9 Å². The molecule has 138 valence electrons. The zero-order chi connectivity index (χ0) is 17.6. The summed E-state index contributed by atoms with van der Waals surface area (Å²) < 4.78 is 12.9. The van der Waals surface area contributed by atoms with Gasteiger partial charge in [-0.3, -0.25) is 0 Å². The van der Waals surface area contributed by atoms with E-state index in [0.29, 0.717) is 0 Å². The summed E-state index contributed by atoms with van der Waals surface area (Å²) in [5.41, 5.74) is 3.23. The molecule has 0 bridgehead atoms. The minimum atomic E-state index is -2.40. The van der Waals surface area contributed by atoms with E-state index in [2.05, 4.69) is 34.6 Å². The first kappa shape index (κ1) is 20.4. The molecule has 0 saturated carbocycles.